The maximum absolute atomic E-state index is 11.7. The fraction of sp³-hybridized carbons (Fsp3) is 0.500. The number of aromatic nitrogens is 1. The Balaban J connectivity index is 2.57. The number of carbonyl (C=O) groups is 1. The van der Waals surface area contributed by atoms with E-state index in [1.165, 1.54) is 4.90 Å². The molecule has 1 amide bonds. The van der Waals surface area contributed by atoms with Crippen LogP contribution in [0.4, 0.5) is 10.6 Å². The van der Waals surface area contributed by atoms with E-state index in [0.29, 0.717) is 12.4 Å². The summed E-state index contributed by atoms with van der Waals surface area (Å²) in [5, 5.41) is 0. The molecule has 5 heteroatoms. The van der Waals surface area contributed by atoms with Gasteiger partial charge in [0.05, 0.1) is 6.54 Å². The van der Waals surface area contributed by atoms with E-state index in [-0.39, 0.29) is 6.09 Å². The van der Waals surface area contributed by atoms with Gasteiger partial charge < -0.3 is 15.4 Å². The molecule has 17 heavy (non-hydrogen) atoms. The van der Waals surface area contributed by atoms with Crippen molar-refractivity contribution in [2.24, 2.45) is 0 Å². The molecule has 0 aromatic carbocycles. The number of hydrogen-bond acceptors (Lipinski definition) is 4. The Hall–Kier alpha value is -1.78. The van der Waals surface area contributed by atoms with E-state index < -0.39 is 5.60 Å². The number of pyridine rings is 1. The highest BCUT2D eigenvalue weighted by Gasteiger charge is 2.19. The number of hydrogen-bond donors (Lipinski definition) is 1. The Morgan fingerprint density at radius 2 is 2.12 bits per heavy atom. The van der Waals surface area contributed by atoms with Crippen LogP contribution in [0.25, 0.3) is 0 Å². The summed E-state index contributed by atoms with van der Waals surface area (Å²) in [4.78, 5) is 17.2. The second-order valence-electron chi connectivity index (χ2n) is 4.93. The molecule has 0 spiro atoms. The number of nitrogen functional groups attached to an aromatic ring is 1. The number of rotatable bonds is 2. The zero-order chi connectivity index (χ0) is 13.1. The molecule has 0 aliphatic heterocycles. The van der Waals surface area contributed by atoms with E-state index in [4.69, 9.17) is 10.5 Å². The average molecular weight is 237 g/mol. The number of nitrogens with zero attached hydrogens (tertiary/aromatic N) is 2. The Labute approximate surface area is 102 Å². The number of carbonyl (C=O) groups excluding carboxylic acids is 1. The molecular weight excluding hydrogens is 218 g/mol. The molecule has 0 radical (unpaired) electrons. The molecular formula is C12H19N3O2. The third kappa shape index (κ3) is 4.72. The molecule has 0 bridgehead atoms. The Morgan fingerprint density at radius 1 is 1.47 bits per heavy atom. The third-order valence-corrected chi connectivity index (χ3v) is 1.97. The Bertz CT molecular complexity index is 382. The van der Waals surface area contributed by atoms with Gasteiger partial charge in [-0.15, -0.1) is 0 Å². The van der Waals surface area contributed by atoms with Gasteiger partial charge in [-0.1, -0.05) is 6.07 Å². The number of anilines is 1. The van der Waals surface area contributed by atoms with Gasteiger partial charge >= 0.3 is 6.09 Å². The van der Waals surface area contributed by atoms with E-state index in [1.807, 2.05) is 26.8 Å². The monoisotopic (exact) mass is 237 g/mol. The highest BCUT2D eigenvalue weighted by atomic mass is 16.6. The van der Waals surface area contributed by atoms with Crippen LogP contribution >= 0.6 is 0 Å². The van der Waals surface area contributed by atoms with Crippen LogP contribution in [0.3, 0.4) is 0 Å². The van der Waals surface area contributed by atoms with Crippen molar-refractivity contribution in [1.82, 2.24) is 9.88 Å². The molecule has 0 atom stereocenters. The summed E-state index contributed by atoms with van der Waals surface area (Å²) in [6.45, 7) is 5.96. The van der Waals surface area contributed by atoms with Crippen LogP contribution in [-0.4, -0.2) is 28.6 Å². The molecule has 0 aliphatic rings. The summed E-state index contributed by atoms with van der Waals surface area (Å²) in [5.41, 5.74) is 5.91. The van der Waals surface area contributed by atoms with Crippen molar-refractivity contribution in [1.29, 1.82) is 0 Å². The highest BCUT2D eigenvalue weighted by Crippen LogP contribution is 2.11. The SMILES string of the molecule is CN(Cc1ccc(N)nc1)C(=O)OC(C)(C)C. The molecule has 5 nitrogen and oxygen atoms in total. The quantitative estimate of drug-likeness (QED) is 0.854. The van der Waals surface area contributed by atoms with Crippen molar-refractivity contribution in [2.75, 3.05) is 12.8 Å². The summed E-state index contributed by atoms with van der Waals surface area (Å²) in [6, 6.07) is 3.54. The molecule has 1 aromatic heterocycles. The summed E-state index contributed by atoms with van der Waals surface area (Å²) in [6.07, 6.45) is 1.30. The smallest absolute Gasteiger partial charge is 0.410 e. The van der Waals surface area contributed by atoms with Gasteiger partial charge in [-0.05, 0) is 32.4 Å². The van der Waals surface area contributed by atoms with Gasteiger partial charge in [-0.3, -0.25) is 0 Å². The Morgan fingerprint density at radius 3 is 2.59 bits per heavy atom. The molecule has 1 heterocycles. The van der Waals surface area contributed by atoms with Gasteiger partial charge in [0.1, 0.15) is 11.4 Å². The van der Waals surface area contributed by atoms with Gasteiger partial charge in [0, 0.05) is 13.2 Å². The maximum atomic E-state index is 11.7. The molecule has 94 valence electrons. The molecule has 0 saturated carbocycles. The second kappa shape index (κ2) is 5.03. The lowest BCUT2D eigenvalue weighted by Crippen LogP contribution is -2.33. The van der Waals surface area contributed by atoms with Crippen molar-refractivity contribution < 1.29 is 9.53 Å². The Kier molecular flexibility index (Phi) is 3.93. The van der Waals surface area contributed by atoms with Crippen molar-refractivity contribution in [3.8, 4) is 0 Å². The molecule has 0 aliphatic carbocycles. The maximum Gasteiger partial charge on any atom is 0.410 e. The first-order valence-corrected chi connectivity index (χ1v) is 5.42. The highest BCUT2D eigenvalue weighted by molar-refractivity contribution is 5.67. The van der Waals surface area contributed by atoms with Crippen LogP contribution in [-0.2, 0) is 11.3 Å². The fourth-order valence-corrected chi connectivity index (χ4v) is 1.21. The van der Waals surface area contributed by atoms with E-state index in [2.05, 4.69) is 4.98 Å². The molecule has 0 fully saturated rings. The first-order valence-electron chi connectivity index (χ1n) is 5.42. The topological polar surface area (TPSA) is 68.5 Å². The van der Waals surface area contributed by atoms with Crippen molar-refractivity contribution in [2.45, 2.75) is 32.9 Å². The molecule has 0 saturated heterocycles. The van der Waals surface area contributed by atoms with E-state index in [9.17, 15) is 4.79 Å². The first kappa shape index (κ1) is 13.3. The summed E-state index contributed by atoms with van der Waals surface area (Å²) < 4.78 is 5.24. The number of amides is 1. The summed E-state index contributed by atoms with van der Waals surface area (Å²) in [7, 11) is 1.68. The minimum absolute atomic E-state index is 0.352. The van der Waals surface area contributed by atoms with Crippen molar-refractivity contribution in [3.05, 3.63) is 23.9 Å². The first-order chi connectivity index (χ1) is 7.78. The van der Waals surface area contributed by atoms with Crippen LogP contribution in [0, 0.1) is 0 Å². The lowest BCUT2D eigenvalue weighted by Gasteiger charge is -2.24. The standard InChI is InChI=1S/C12H19N3O2/c1-12(2,3)17-11(16)15(4)8-9-5-6-10(13)14-7-9/h5-7H,8H2,1-4H3,(H2,13,14). The van der Waals surface area contributed by atoms with Gasteiger partial charge in [-0.25, -0.2) is 9.78 Å². The third-order valence-electron chi connectivity index (χ3n) is 1.97. The van der Waals surface area contributed by atoms with Crippen molar-refractivity contribution >= 4 is 11.9 Å². The van der Waals surface area contributed by atoms with Crippen LogP contribution in [0.5, 0.6) is 0 Å². The minimum atomic E-state index is -0.481. The molecule has 0 unspecified atom stereocenters. The zero-order valence-electron chi connectivity index (χ0n) is 10.7. The van der Waals surface area contributed by atoms with Crippen LogP contribution in [0.2, 0.25) is 0 Å². The van der Waals surface area contributed by atoms with Gasteiger partial charge in [0.2, 0.25) is 0 Å². The molecule has 2 N–H and O–H groups in total. The van der Waals surface area contributed by atoms with Gasteiger partial charge in [-0.2, -0.15) is 0 Å². The zero-order valence-corrected chi connectivity index (χ0v) is 10.7. The summed E-state index contributed by atoms with van der Waals surface area (Å²) >= 11 is 0. The predicted octanol–water partition coefficient (Wildman–Crippen LogP) is 2.03. The second-order valence-corrected chi connectivity index (χ2v) is 4.93. The lowest BCUT2D eigenvalue weighted by molar-refractivity contribution is 0.0285. The van der Waals surface area contributed by atoms with E-state index in [0.717, 1.165) is 5.56 Å². The largest absolute Gasteiger partial charge is 0.444 e. The van der Waals surface area contributed by atoms with E-state index >= 15 is 0 Å². The minimum Gasteiger partial charge on any atom is -0.444 e. The lowest BCUT2D eigenvalue weighted by atomic mass is 10.2. The van der Waals surface area contributed by atoms with Crippen LogP contribution in [0.1, 0.15) is 26.3 Å². The van der Waals surface area contributed by atoms with Gasteiger partial charge in [0.25, 0.3) is 0 Å². The normalized spacial score (nSPS) is 11.1. The molecule has 1 rings (SSSR count). The van der Waals surface area contributed by atoms with E-state index in [1.54, 1.807) is 19.3 Å². The average Bonchev–Trinajstić information content (AvgIpc) is 2.19. The number of nitrogens with two attached hydrogens (primary N) is 1. The van der Waals surface area contributed by atoms with Crippen LogP contribution in [0.15, 0.2) is 18.3 Å². The van der Waals surface area contributed by atoms with Gasteiger partial charge in [0.15, 0.2) is 0 Å². The number of ether oxygens (including phenoxy) is 1. The predicted molar refractivity (Wildman–Crippen MR) is 66.4 cm³/mol. The molecule has 1 aromatic rings. The summed E-state index contributed by atoms with van der Waals surface area (Å²) in [5.74, 6) is 0.466. The van der Waals surface area contributed by atoms with Crippen molar-refractivity contribution in [3.63, 3.8) is 0 Å². The van der Waals surface area contributed by atoms with Crippen LogP contribution < -0.4 is 5.73 Å². The fourth-order valence-electron chi connectivity index (χ4n) is 1.21.